The van der Waals surface area contributed by atoms with Crippen LogP contribution < -0.4 is 10.2 Å². The number of halogens is 3. The predicted octanol–water partition coefficient (Wildman–Crippen LogP) is 6.60. The second-order valence-corrected chi connectivity index (χ2v) is 12.7. The minimum Gasteiger partial charge on any atom is -0.370 e. The highest BCUT2D eigenvalue weighted by Gasteiger charge is 2.40. The van der Waals surface area contributed by atoms with Gasteiger partial charge < -0.3 is 10.2 Å². The van der Waals surface area contributed by atoms with E-state index in [1.54, 1.807) is 12.1 Å². The number of alkyl halides is 3. The number of hydrogen-bond acceptors (Lipinski definition) is 4. The third-order valence-electron chi connectivity index (χ3n) is 8.11. The molecular formula is C32H30F3N3O3S. The second kappa shape index (κ2) is 11.1. The fourth-order valence-corrected chi connectivity index (χ4v) is 7.48. The van der Waals surface area contributed by atoms with E-state index >= 15 is 0 Å². The highest BCUT2D eigenvalue weighted by atomic mass is 32.2. The molecule has 0 unspecified atom stereocenters. The van der Waals surface area contributed by atoms with Crippen LogP contribution in [0.25, 0.3) is 10.8 Å². The number of amides is 1. The number of rotatable bonds is 5. The Hall–Kier alpha value is -3.89. The molecule has 218 valence electrons. The van der Waals surface area contributed by atoms with Crippen molar-refractivity contribution in [3.05, 3.63) is 102 Å². The monoisotopic (exact) mass is 593 g/mol. The zero-order valence-corrected chi connectivity index (χ0v) is 23.6. The molecule has 2 aliphatic rings. The van der Waals surface area contributed by atoms with Crippen LogP contribution in [0, 0.1) is 0 Å². The van der Waals surface area contributed by atoms with Crippen LogP contribution in [0.5, 0.6) is 0 Å². The summed E-state index contributed by atoms with van der Waals surface area (Å²) in [5.74, 6) is -0.675. The van der Waals surface area contributed by atoms with E-state index in [1.165, 1.54) is 16.4 Å². The molecule has 10 heteroatoms. The van der Waals surface area contributed by atoms with Gasteiger partial charge in [-0.15, -0.1) is 0 Å². The maximum atomic E-state index is 14.1. The maximum Gasteiger partial charge on any atom is 0.416 e. The van der Waals surface area contributed by atoms with Crippen LogP contribution in [-0.2, 0) is 34.0 Å². The van der Waals surface area contributed by atoms with Crippen molar-refractivity contribution in [2.75, 3.05) is 23.3 Å². The number of carbonyl (C=O) groups excluding carboxylic acids is 1. The highest BCUT2D eigenvalue weighted by Crippen LogP contribution is 2.37. The van der Waals surface area contributed by atoms with Gasteiger partial charge in [-0.25, -0.2) is 8.42 Å². The molecular weight excluding hydrogens is 563 g/mol. The number of anilines is 2. The number of sulfonamides is 1. The minimum absolute atomic E-state index is 0.0265. The first kappa shape index (κ1) is 28.2. The van der Waals surface area contributed by atoms with Crippen molar-refractivity contribution < 1.29 is 26.4 Å². The van der Waals surface area contributed by atoms with E-state index in [-0.39, 0.29) is 23.5 Å². The summed E-state index contributed by atoms with van der Waals surface area (Å²) in [7, 11) is -4.16. The molecule has 2 aliphatic heterocycles. The molecule has 1 N–H and O–H groups in total. The smallest absolute Gasteiger partial charge is 0.370 e. The molecule has 0 aliphatic carbocycles. The van der Waals surface area contributed by atoms with Gasteiger partial charge in [-0.05, 0) is 77.9 Å². The van der Waals surface area contributed by atoms with Gasteiger partial charge in [0.15, 0.2) is 0 Å². The van der Waals surface area contributed by atoms with Crippen LogP contribution in [0.1, 0.15) is 36.0 Å². The molecule has 0 radical (unpaired) electrons. The minimum atomic E-state index is -4.60. The largest absolute Gasteiger partial charge is 0.416 e. The van der Waals surface area contributed by atoms with E-state index in [9.17, 15) is 26.4 Å². The van der Waals surface area contributed by atoms with Gasteiger partial charge in [0.1, 0.15) is 6.04 Å². The van der Waals surface area contributed by atoms with Gasteiger partial charge in [-0.2, -0.15) is 17.5 Å². The van der Waals surface area contributed by atoms with E-state index in [0.29, 0.717) is 18.8 Å². The Balaban J connectivity index is 1.39. The number of fused-ring (bicyclic) bond motifs is 2. The van der Waals surface area contributed by atoms with E-state index in [2.05, 4.69) is 5.32 Å². The van der Waals surface area contributed by atoms with Crippen LogP contribution in [0.4, 0.5) is 24.5 Å². The van der Waals surface area contributed by atoms with Crippen molar-refractivity contribution in [2.24, 2.45) is 0 Å². The Morgan fingerprint density at radius 2 is 1.50 bits per heavy atom. The molecule has 6 nitrogen and oxygen atoms in total. The van der Waals surface area contributed by atoms with Crippen molar-refractivity contribution in [3.63, 3.8) is 0 Å². The van der Waals surface area contributed by atoms with E-state index in [4.69, 9.17) is 0 Å². The van der Waals surface area contributed by atoms with Gasteiger partial charge in [0.25, 0.3) is 0 Å². The van der Waals surface area contributed by atoms with Crippen molar-refractivity contribution in [1.82, 2.24) is 4.31 Å². The Bertz CT molecular complexity index is 1750. The van der Waals surface area contributed by atoms with Crippen molar-refractivity contribution in [3.8, 4) is 0 Å². The molecule has 1 saturated heterocycles. The van der Waals surface area contributed by atoms with Crippen LogP contribution in [-0.4, -0.2) is 37.8 Å². The first-order chi connectivity index (χ1) is 20.1. The summed E-state index contributed by atoms with van der Waals surface area (Å²) >= 11 is 0. The molecule has 1 fully saturated rings. The zero-order valence-electron chi connectivity index (χ0n) is 22.8. The number of hydrogen-bond donors (Lipinski definition) is 1. The molecule has 2 heterocycles. The highest BCUT2D eigenvalue weighted by molar-refractivity contribution is 7.89. The van der Waals surface area contributed by atoms with Crippen LogP contribution in [0.2, 0.25) is 0 Å². The first-order valence-electron chi connectivity index (χ1n) is 14.0. The number of carbonyl (C=O) groups is 1. The number of nitrogens with zero attached hydrogens (tertiary/aromatic N) is 2. The Kier molecular flexibility index (Phi) is 7.44. The average molecular weight is 594 g/mol. The molecule has 0 saturated carbocycles. The van der Waals surface area contributed by atoms with E-state index in [1.807, 2.05) is 53.4 Å². The molecule has 0 aromatic heterocycles. The third kappa shape index (κ3) is 5.48. The topological polar surface area (TPSA) is 69.7 Å². The molecule has 1 amide bonds. The van der Waals surface area contributed by atoms with Crippen LogP contribution in [0.15, 0.2) is 89.8 Å². The SMILES string of the molecule is O=C(Nc1cc(C(F)(F)F)ccc1N1CCCCC1)[C@@H]1Cc2ccccc2CN1S(=O)(=O)c1ccc2ccccc2c1. The van der Waals surface area contributed by atoms with Crippen LogP contribution >= 0.6 is 0 Å². The van der Waals surface area contributed by atoms with Gasteiger partial charge in [-0.1, -0.05) is 54.6 Å². The first-order valence-corrected chi connectivity index (χ1v) is 15.4. The summed E-state index contributed by atoms with van der Waals surface area (Å²) in [6, 6.07) is 21.7. The summed E-state index contributed by atoms with van der Waals surface area (Å²) in [5.41, 5.74) is 1.24. The number of piperidine rings is 1. The Labute approximate surface area is 242 Å². The summed E-state index contributed by atoms with van der Waals surface area (Å²) in [6.07, 6.45) is -1.69. The standard InChI is InChI=1S/C32H30F3N3O3S/c33-32(34,35)26-13-15-29(37-16-6-1-7-17-37)28(20-26)36-31(39)30-19-24-10-4-5-11-25(24)21-38(30)42(40,41)27-14-12-22-8-2-3-9-23(22)18-27/h2-5,8-15,18,20,30H,1,6-7,16-17,19,21H2,(H,36,39)/t30-/m0/s1. The fraction of sp³-hybridized carbons (Fsp3) is 0.281. The van der Waals surface area contributed by atoms with Gasteiger partial charge in [0, 0.05) is 19.6 Å². The Morgan fingerprint density at radius 1 is 0.810 bits per heavy atom. The molecule has 0 bridgehead atoms. The second-order valence-electron chi connectivity index (χ2n) is 10.8. The summed E-state index contributed by atoms with van der Waals surface area (Å²) in [5, 5.41) is 4.34. The van der Waals surface area contributed by atoms with Gasteiger partial charge in [0.05, 0.1) is 21.8 Å². The summed E-state index contributed by atoms with van der Waals surface area (Å²) in [6.45, 7) is 1.28. The molecule has 4 aromatic carbocycles. The fourth-order valence-electron chi connectivity index (χ4n) is 5.88. The van der Waals surface area contributed by atoms with Crippen molar-refractivity contribution in [1.29, 1.82) is 0 Å². The number of benzene rings is 4. The quantitative estimate of drug-likeness (QED) is 0.283. The summed E-state index contributed by atoms with van der Waals surface area (Å²) < 4.78 is 70.5. The Morgan fingerprint density at radius 3 is 2.24 bits per heavy atom. The molecule has 1 atom stereocenters. The van der Waals surface area contributed by atoms with E-state index in [0.717, 1.165) is 53.3 Å². The maximum absolute atomic E-state index is 14.1. The predicted molar refractivity (Wildman–Crippen MR) is 157 cm³/mol. The zero-order chi connectivity index (χ0) is 29.5. The molecule has 0 spiro atoms. The average Bonchev–Trinajstić information content (AvgIpc) is 3.00. The van der Waals surface area contributed by atoms with Gasteiger partial charge >= 0.3 is 6.18 Å². The number of nitrogens with one attached hydrogen (secondary N) is 1. The molecule has 4 aromatic rings. The van der Waals surface area contributed by atoms with Crippen molar-refractivity contribution in [2.45, 2.75) is 49.3 Å². The third-order valence-corrected chi connectivity index (χ3v) is 9.96. The summed E-state index contributed by atoms with van der Waals surface area (Å²) in [4.78, 5) is 16.0. The lowest BCUT2D eigenvalue weighted by Crippen LogP contribution is -2.50. The molecule has 6 rings (SSSR count). The lowest BCUT2D eigenvalue weighted by atomic mass is 9.95. The van der Waals surface area contributed by atoms with Crippen LogP contribution in [0.3, 0.4) is 0 Å². The lowest BCUT2D eigenvalue weighted by molar-refractivity contribution is -0.137. The van der Waals surface area contributed by atoms with Gasteiger partial charge in [-0.3, -0.25) is 4.79 Å². The normalized spacial score (nSPS) is 18.1. The van der Waals surface area contributed by atoms with Gasteiger partial charge in [0.2, 0.25) is 15.9 Å². The van der Waals surface area contributed by atoms with E-state index < -0.39 is 33.7 Å². The lowest BCUT2D eigenvalue weighted by Gasteiger charge is -2.36. The van der Waals surface area contributed by atoms with Crippen molar-refractivity contribution >= 4 is 38.1 Å². The molecule has 42 heavy (non-hydrogen) atoms.